The Bertz CT molecular complexity index is 513. The highest BCUT2D eigenvalue weighted by Gasteiger charge is 2.08. The van der Waals surface area contributed by atoms with Gasteiger partial charge in [-0.1, -0.05) is 0 Å². The number of nitrogen functional groups attached to an aromatic ring is 1. The molecule has 0 atom stereocenters. The highest BCUT2D eigenvalue weighted by atomic mass is 32.1. The number of thiazole rings is 1. The summed E-state index contributed by atoms with van der Waals surface area (Å²) in [6.07, 6.45) is 1.47. The van der Waals surface area contributed by atoms with Gasteiger partial charge in [-0.15, -0.1) is 11.3 Å². The molecule has 4 nitrogen and oxygen atoms in total. The van der Waals surface area contributed by atoms with Crippen molar-refractivity contribution in [3.8, 4) is 0 Å². The van der Waals surface area contributed by atoms with E-state index in [4.69, 9.17) is 5.73 Å². The van der Waals surface area contributed by atoms with Gasteiger partial charge in [0.1, 0.15) is 10.7 Å². The van der Waals surface area contributed by atoms with E-state index in [1.54, 1.807) is 5.51 Å². The van der Waals surface area contributed by atoms with Gasteiger partial charge >= 0.3 is 0 Å². The molecule has 2 aromatic rings. The highest BCUT2D eigenvalue weighted by molar-refractivity contribution is 7.11. The molecule has 2 rings (SSSR count). The van der Waals surface area contributed by atoms with Crippen molar-refractivity contribution >= 4 is 28.6 Å². The van der Waals surface area contributed by atoms with Crippen LogP contribution in [0.4, 0.5) is 15.8 Å². The van der Waals surface area contributed by atoms with Crippen molar-refractivity contribution in [1.82, 2.24) is 4.98 Å². The van der Waals surface area contributed by atoms with Crippen LogP contribution in [0.3, 0.4) is 0 Å². The Morgan fingerprint density at radius 2 is 2.31 bits per heavy atom. The Labute approximate surface area is 94.9 Å². The summed E-state index contributed by atoms with van der Waals surface area (Å²) in [6.45, 7) is 0. The quantitative estimate of drug-likeness (QED) is 0.786. The lowest BCUT2D eigenvalue weighted by atomic mass is 10.2. The van der Waals surface area contributed by atoms with Gasteiger partial charge in [-0.2, -0.15) is 0 Å². The molecule has 6 heteroatoms. The predicted octanol–water partition coefficient (Wildman–Crippen LogP) is 2.12. The van der Waals surface area contributed by atoms with Gasteiger partial charge < -0.3 is 11.1 Å². The van der Waals surface area contributed by atoms with Crippen LogP contribution in [-0.2, 0) is 0 Å². The van der Waals surface area contributed by atoms with E-state index in [1.165, 1.54) is 35.7 Å². The first-order chi connectivity index (χ1) is 7.66. The summed E-state index contributed by atoms with van der Waals surface area (Å²) in [4.78, 5) is 15.9. The number of carbonyl (C=O) groups excluding carboxylic acids is 1. The van der Waals surface area contributed by atoms with Gasteiger partial charge in [0.05, 0.1) is 17.4 Å². The fourth-order valence-electron chi connectivity index (χ4n) is 1.14. The van der Waals surface area contributed by atoms with E-state index in [-0.39, 0.29) is 11.6 Å². The smallest absolute Gasteiger partial charge is 0.267 e. The number of nitrogens with one attached hydrogen (secondary N) is 1. The standard InChI is InChI=1S/C10H8FN3OS/c11-7-2-1-6(3-8(7)12)14-10(15)9-4-13-5-16-9/h1-5H,12H2,(H,14,15). The van der Waals surface area contributed by atoms with Crippen LogP contribution in [0.2, 0.25) is 0 Å². The lowest BCUT2D eigenvalue weighted by Crippen LogP contribution is -2.10. The summed E-state index contributed by atoms with van der Waals surface area (Å²) < 4.78 is 12.9. The van der Waals surface area contributed by atoms with Gasteiger partial charge in [-0.3, -0.25) is 9.78 Å². The third-order valence-corrected chi connectivity index (χ3v) is 2.68. The maximum Gasteiger partial charge on any atom is 0.267 e. The second-order valence-electron chi connectivity index (χ2n) is 3.06. The van der Waals surface area contributed by atoms with Crippen molar-refractivity contribution in [2.75, 3.05) is 11.1 Å². The summed E-state index contributed by atoms with van der Waals surface area (Å²) in [5.41, 5.74) is 7.40. The SMILES string of the molecule is Nc1cc(NC(=O)c2cncs2)ccc1F. The van der Waals surface area contributed by atoms with E-state index in [1.807, 2.05) is 0 Å². The van der Waals surface area contributed by atoms with Crippen molar-refractivity contribution < 1.29 is 9.18 Å². The van der Waals surface area contributed by atoms with Crippen molar-refractivity contribution in [3.05, 3.63) is 40.6 Å². The molecule has 0 aliphatic heterocycles. The monoisotopic (exact) mass is 237 g/mol. The van der Waals surface area contributed by atoms with E-state index in [2.05, 4.69) is 10.3 Å². The minimum absolute atomic E-state index is 0.00195. The zero-order chi connectivity index (χ0) is 11.5. The second kappa shape index (κ2) is 4.28. The highest BCUT2D eigenvalue weighted by Crippen LogP contribution is 2.17. The van der Waals surface area contributed by atoms with E-state index < -0.39 is 5.82 Å². The summed E-state index contributed by atoms with van der Waals surface area (Å²) in [5.74, 6) is -0.788. The summed E-state index contributed by atoms with van der Waals surface area (Å²) in [7, 11) is 0. The second-order valence-corrected chi connectivity index (χ2v) is 3.94. The Balaban J connectivity index is 2.15. The van der Waals surface area contributed by atoms with Crippen LogP contribution >= 0.6 is 11.3 Å². The fraction of sp³-hybridized carbons (Fsp3) is 0. The maximum absolute atomic E-state index is 12.9. The van der Waals surface area contributed by atoms with Crippen LogP contribution in [0.1, 0.15) is 9.67 Å². The van der Waals surface area contributed by atoms with Crippen molar-refractivity contribution in [1.29, 1.82) is 0 Å². The molecule has 82 valence electrons. The Morgan fingerprint density at radius 1 is 1.50 bits per heavy atom. The average molecular weight is 237 g/mol. The van der Waals surface area contributed by atoms with E-state index >= 15 is 0 Å². The normalized spacial score (nSPS) is 10.1. The average Bonchev–Trinajstić information content (AvgIpc) is 2.77. The van der Waals surface area contributed by atoms with Crippen LogP contribution in [0.5, 0.6) is 0 Å². The number of hydrogen-bond donors (Lipinski definition) is 2. The number of hydrogen-bond acceptors (Lipinski definition) is 4. The molecule has 0 radical (unpaired) electrons. The van der Waals surface area contributed by atoms with Crippen molar-refractivity contribution in [2.45, 2.75) is 0 Å². The number of nitrogens with zero attached hydrogens (tertiary/aromatic N) is 1. The topological polar surface area (TPSA) is 68.0 Å². The molecule has 0 spiro atoms. The molecule has 16 heavy (non-hydrogen) atoms. The first kappa shape index (κ1) is 10.6. The number of anilines is 2. The lowest BCUT2D eigenvalue weighted by Gasteiger charge is -2.04. The lowest BCUT2D eigenvalue weighted by molar-refractivity contribution is 0.103. The van der Waals surface area contributed by atoms with Crippen LogP contribution in [0, 0.1) is 5.82 Å². The molecule has 0 saturated carbocycles. The summed E-state index contributed by atoms with van der Waals surface area (Å²) in [6, 6.07) is 4.02. The minimum Gasteiger partial charge on any atom is -0.396 e. The van der Waals surface area contributed by atoms with E-state index in [0.717, 1.165) is 0 Å². The van der Waals surface area contributed by atoms with E-state index in [9.17, 15) is 9.18 Å². The number of amides is 1. The number of carbonyl (C=O) groups is 1. The molecule has 0 saturated heterocycles. The molecule has 0 bridgehead atoms. The molecule has 1 aromatic heterocycles. The molecule has 1 aromatic carbocycles. The Hall–Kier alpha value is -1.95. The Morgan fingerprint density at radius 3 is 2.94 bits per heavy atom. The van der Waals surface area contributed by atoms with Gasteiger partial charge in [-0.25, -0.2) is 4.39 Å². The maximum atomic E-state index is 12.9. The molecule has 0 aliphatic rings. The number of halogens is 1. The van der Waals surface area contributed by atoms with Crippen molar-refractivity contribution in [2.24, 2.45) is 0 Å². The summed E-state index contributed by atoms with van der Waals surface area (Å²) >= 11 is 1.23. The van der Waals surface area contributed by atoms with Gasteiger partial charge in [0.25, 0.3) is 5.91 Å². The van der Waals surface area contributed by atoms with Gasteiger partial charge in [0.15, 0.2) is 0 Å². The molecule has 0 unspecified atom stereocenters. The first-order valence-corrected chi connectivity index (χ1v) is 5.29. The largest absolute Gasteiger partial charge is 0.396 e. The summed E-state index contributed by atoms with van der Waals surface area (Å²) in [5, 5.41) is 2.60. The number of aromatic nitrogens is 1. The number of benzene rings is 1. The van der Waals surface area contributed by atoms with Gasteiger partial charge in [0, 0.05) is 5.69 Å². The zero-order valence-corrected chi connectivity index (χ0v) is 8.92. The Kier molecular flexibility index (Phi) is 2.82. The van der Waals surface area contributed by atoms with E-state index in [0.29, 0.717) is 10.6 Å². The van der Waals surface area contributed by atoms with Crippen LogP contribution in [0.15, 0.2) is 29.9 Å². The molecular formula is C10H8FN3OS. The third kappa shape index (κ3) is 2.17. The molecule has 3 N–H and O–H groups in total. The zero-order valence-electron chi connectivity index (χ0n) is 8.11. The number of rotatable bonds is 2. The molecule has 1 amide bonds. The molecular weight excluding hydrogens is 229 g/mol. The number of nitrogens with two attached hydrogens (primary N) is 1. The molecule has 0 aliphatic carbocycles. The van der Waals surface area contributed by atoms with Crippen LogP contribution in [-0.4, -0.2) is 10.9 Å². The third-order valence-electron chi connectivity index (χ3n) is 1.91. The minimum atomic E-state index is -0.504. The van der Waals surface area contributed by atoms with Crippen LogP contribution in [0.25, 0.3) is 0 Å². The van der Waals surface area contributed by atoms with Gasteiger partial charge in [0.2, 0.25) is 0 Å². The van der Waals surface area contributed by atoms with Crippen molar-refractivity contribution in [3.63, 3.8) is 0 Å². The fourth-order valence-corrected chi connectivity index (χ4v) is 1.66. The predicted molar refractivity (Wildman–Crippen MR) is 60.9 cm³/mol. The first-order valence-electron chi connectivity index (χ1n) is 4.41. The molecule has 1 heterocycles. The van der Waals surface area contributed by atoms with Crippen LogP contribution < -0.4 is 11.1 Å². The van der Waals surface area contributed by atoms with Gasteiger partial charge in [-0.05, 0) is 18.2 Å². The molecule has 0 fully saturated rings.